The molecule has 0 rings (SSSR count). The van der Waals surface area contributed by atoms with Crippen LogP contribution in [0.25, 0.3) is 0 Å². The first-order valence-electron chi connectivity index (χ1n) is 5.85. The Morgan fingerprint density at radius 2 is 1.87 bits per heavy atom. The molecule has 0 aromatic rings. The van der Waals surface area contributed by atoms with E-state index in [1.807, 2.05) is 0 Å². The molecule has 0 bridgehead atoms. The van der Waals surface area contributed by atoms with E-state index in [-0.39, 0.29) is 13.2 Å². The van der Waals surface area contributed by atoms with Gasteiger partial charge in [0, 0.05) is 6.61 Å². The first-order chi connectivity index (χ1) is 7.26. The maximum Gasteiger partial charge on any atom is 0.0618 e. The van der Waals surface area contributed by atoms with E-state index in [2.05, 4.69) is 13.5 Å². The van der Waals surface area contributed by atoms with Crippen LogP contribution in [0.3, 0.4) is 0 Å². The van der Waals surface area contributed by atoms with Crippen LogP contribution in [0.1, 0.15) is 45.4 Å². The van der Waals surface area contributed by atoms with Gasteiger partial charge in [0.25, 0.3) is 0 Å². The summed E-state index contributed by atoms with van der Waals surface area (Å²) in [5.41, 5.74) is 2.07. The second kappa shape index (κ2) is 9.94. The van der Waals surface area contributed by atoms with Gasteiger partial charge in [0.15, 0.2) is 0 Å². The average molecular weight is 212 g/mol. The maximum absolute atomic E-state index is 8.86. The number of rotatable bonds is 9. The molecule has 0 saturated heterocycles. The highest BCUT2D eigenvalue weighted by Crippen LogP contribution is 2.18. The summed E-state index contributed by atoms with van der Waals surface area (Å²) in [5.74, 6) is 0. The Kier molecular flexibility index (Phi) is 9.54. The van der Waals surface area contributed by atoms with Crippen molar-refractivity contribution in [3.63, 3.8) is 0 Å². The van der Waals surface area contributed by atoms with Gasteiger partial charge in [-0.15, -0.1) is 0 Å². The predicted molar refractivity (Wildman–Crippen MR) is 64.8 cm³/mol. The van der Waals surface area contributed by atoms with Crippen LogP contribution in [0.15, 0.2) is 23.8 Å². The molecular weight excluding hydrogens is 188 g/mol. The summed E-state index contributed by atoms with van der Waals surface area (Å²) >= 11 is 0. The number of allylic oxidation sites excluding steroid dienone is 1. The second-order valence-corrected chi connectivity index (χ2v) is 3.80. The van der Waals surface area contributed by atoms with Crippen molar-refractivity contribution in [2.24, 2.45) is 0 Å². The lowest BCUT2D eigenvalue weighted by atomic mass is 9.98. The summed E-state index contributed by atoms with van der Waals surface area (Å²) in [6.45, 7) is 6.35. The maximum atomic E-state index is 8.86. The van der Waals surface area contributed by atoms with Crippen LogP contribution in [0.2, 0.25) is 0 Å². The zero-order chi connectivity index (χ0) is 11.5. The molecule has 88 valence electrons. The molecule has 0 unspecified atom stereocenters. The molecule has 15 heavy (non-hydrogen) atoms. The van der Waals surface area contributed by atoms with E-state index in [1.54, 1.807) is 6.08 Å². The van der Waals surface area contributed by atoms with Gasteiger partial charge in [0.1, 0.15) is 0 Å². The number of aliphatic hydroxyl groups excluding tert-OH is 2. The third kappa shape index (κ3) is 7.34. The standard InChI is InChI=1S/C13H24O2/c1-3-4-5-6-7-12(2)13(8-10-14)9-11-15/h8,14-15H,2-7,9-11H2,1H3/b13-8-. The number of unbranched alkanes of at least 4 members (excludes halogenated alkanes) is 3. The van der Waals surface area contributed by atoms with Crippen LogP contribution < -0.4 is 0 Å². The Hall–Kier alpha value is -0.600. The van der Waals surface area contributed by atoms with Crippen LogP contribution in [0.5, 0.6) is 0 Å². The molecule has 2 heteroatoms. The van der Waals surface area contributed by atoms with Crippen LogP contribution in [-0.2, 0) is 0 Å². The lowest BCUT2D eigenvalue weighted by Crippen LogP contribution is -1.95. The van der Waals surface area contributed by atoms with Crippen molar-refractivity contribution in [3.05, 3.63) is 23.8 Å². The third-order valence-electron chi connectivity index (χ3n) is 2.51. The molecule has 0 aromatic carbocycles. The molecule has 0 radical (unpaired) electrons. The van der Waals surface area contributed by atoms with E-state index in [4.69, 9.17) is 10.2 Å². The average Bonchev–Trinajstić information content (AvgIpc) is 2.24. The van der Waals surface area contributed by atoms with Crippen LogP contribution in [0, 0.1) is 0 Å². The fourth-order valence-electron chi connectivity index (χ4n) is 1.58. The molecule has 0 aliphatic carbocycles. The number of hydrogen-bond acceptors (Lipinski definition) is 2. The zero-order valence-corrected chi connectivity index (χ0v) is 9.84. The molecule has 0 saturated carbocycles. The number of aliphatic hydroxyl groups is 2. The van der Waals surface area contributed by atoms with Crippen LogP contribution >= 0.6 is 0 Å². The van der Waals surface area contributed by atoms with Gasteiger partial charge >= 0.3 is 0 Å². The van der Waals surface area contributed by atoms with Crippen molar-refractivity contribution < 1.29 is 10.2 Å². The van der Waals surface area contributed by atoms with E-state index >= 15 is 0 Å². The molecule has 0 aliphatic rings. The van der Waals surface area contributed by atoms with E-state index in [0.717, 1.165) is 24.0 Å². The van der Waals surface area contributed by atoms with Crippen molar-refractivity contribution >= 4 is 0 Å². The first-order valence-corrected chi connectivity index (χ1v) is 5.85. The molecule has 0 spiro atoms. The van der Waals surface area contributed by atoms with Gasteiger partial charge in [-0.05, 0) is 24.8 Å². The smallest absolute Gasteiger partial charge is 0.0618 e. The van der Waals surface area contributed by atoms with Crippen molar-refractivity contribution in [3.8, 4) is 0 Å². The SMILES string of the molecule is C=C(CCCCCC)/C(=C\CO)CCO. The molecule has 0 heterocycles. The predicted octanol–water partition coefficient (Wildman–Crippen LogP) is 2.81. The first kappa shape index (κ1) is 14.4. The van der Waals surface area contributed by atoms with Crippen molar-refractivity contribution in [1.82, 2.24) is 0 Å². The van der Waals surface area contributed by atoms with Gasteiger partial charge in [-0.2, -0.15) is 0 Å². The van der Waals surface area contributed by atoms with E-state index in [9.17, 15) is 0 Å². The Labute approximate surface area is 93.3 Å². The topological polar surface area (TPSA) is 40.5 Å². The number of hydrogen-bond donors (Lipinski definition) is 2. The molecule has 0 amide bonds. The van der Waals surface area contributed by atoms with Gasteiger partial charge in [-0.25, -0.2) is 0 Å². The highest BCUT2D eigenvalue weighted by atomic mass is 16.3. The molecule has 0 atom stereocenters. The summed E-state index contributed by atoms with van der Waals surface area (Å²) in [6, 6.07) is 0. The molecule has 0 fully saturated rings. The van der Waals surface area contributed by atoms with Gasteiger partial charge in [-0.1, -0.05) is 44.4 Å². The molecule has 0 aromatic heterocycles. The van der Waals surface area contributed by atoms with E-state index in [0.29, 0.717) is 6.42 Å². The Morgan fingerprint density at radius 3 is 2.40 bits per heavy atom. The Morgan fingerprint density at radius 1 is 1.13 bits per heavy atom. The second-order valence-electron chi connectivity index (χ2n) is 3.80. The van der Waals surface area contributed by atoms with E-state index in [1.165, 1.54) is 19.3 Å². The van der Waals surface area contributed by atoms with Gasteiger partial charge in [-0.3, -0.25) is 0 Å². The third-order valence-corrected chi connectivity index (χ3v) is 2.51. The molecule has 0 aliphatic heterocycles. The minimum absolute atomic E-state index is 0.0311. The van der Waals surface area contributed by atoms with Crippen molar-refractivity contribution in [1.29, 1.82) is 0 Å². The zero-order valence-electron chi connectivity index (χ0n) is 9.84. The molecular formula is C13H24O2. The van der Waals surface area contributed by atoms with Crippen molar-refractivity contribution in [2.75, 3.05) is 13.2 Å². The Bertz CT molecular complexity index is 195. The summed E-state index contributed by atoms with van der Waals surface area (Å²) in [7, 11) is 0. The summed E-state index contributed by atoms with van der Waals surface area (Å²) < 4.78 is 0. The van der Waals surface area contributed by atoms with E-state index < -0.39 is 0 Å². The van der Waals surface area contributed by atoms with Crippen LogP contribution in [-0.4, -0.2) is 23.4 Å². The highest BCUT2D eigenvalue weighted by molar-refractivity contribution is 5.28. The fourth-order valence-corrected chi connectivity index (χ4v) is 1.58. The molecule has 2 nitrogen and oxygen atoms in total. The normalized spacial score (nSPS) is 11.8. The quantitative estimate of drug-likeness (QED) is 0.456. The summed E-state index contributed by atoms with van der Waals surface area (Å²) in [6.07, 6.45) is 8.23. The minimum Gasteiger partial charge on any atom is -0.396 e. The van der Waals surface area contributed by atoms with Gasteiger partial charge in [0.2, 0.25) is 0 Å². The largest absolute Gasteiger partial charge is 0.396 e. The van der Waals surface area contributed by atoms with Gasteiger partial charge in [0.05, 0.1) is 6.61 Å². The monoisotopic (exact) mass is 212 g/mol. The van der Waals surface area contributed by atoms with Crippen molar-refractivity contribution in [2.45, 2.75) is 45.4 Å². The highest BCUT2D eigenvalue weighted by Gasteiger charge is 2.01. The summed E-state index contributed by atoms with van der Waals surface area (Å²) in [5, 5.41) is 17.7. The van der Waals surface area contributed by atoms with Crippen LogP contribution in [0.4, 0.5) is 0 Å². The fraction of sp³-hybridized carbons (Fsp3) is 0.692. The molecule has 2 N–H and O–H groups in total. The summed E-state index contributed by atoms with van der Waals surface area (Å²) in [4.78, 5) is 0. The Balaban J connectivity index is 3.87. The lowest BCUT2D eigenvalue weighted by Gasteiger charge is -2.09. The van der Waals surface area contributed by atoms with Gasteiger partial charge < -0.3 is 10.2 Å². The minimum atomic E-state index is 0.0311. The lowest BCUT2D eigenvalue weighted by molar-refractivity contribution is 0.298.